The largest absolute Gasteiger partial charge is 0.479 e. The Morgan fingerprint density at radius 3 is 2.67 bits per heavy atom. The number of aliphatic imine (C=N–C) groups is 1. The van der Waals surface area contributed by atoms with Crippen molar-refractivity contribution in [1.82, 2.24) is 24.4 Å². The first-order chi connectivity index (χ1) is 20.4. The van der Waals surface area contributed by atoms with Gasteiger partial charge in [0.05, 0.1) is 61.7 Å². The fourth-order valence-corrected chi connectivity index (χ4v) is 6.21. The molecule has 2 bridgehead atoms. The SMILES string of the molecule is CC(=NC1CC(N2CC3COCC(C2)N3C#N)C1)/C(=N\N)c1cc(O[C@H](CO)c2ccc(F)cn2)c2c(C)cnn2c1. The highest BCUT2D eigenvalue weighted by Gasteiger charge is 2.43. The number of rotatable bonds is 8. The van der Waals surface area contributed by atoms with Crippen molar-refractivity contribution in [3.05, 3.63) is 59.4 Å². The zero-order chi connectivity index (χ0) is 29.4. The maximum Gasteiger partial charge on any atom is 0.180 e. The Morgan fingerprint density at radius 1 is 1.26 bits per heavy atom. The third-order valence-electron chi connectivity index (χ3n) is 8.41. The Hall–Kier alpha value is -4.12. The van der Waals surface area contributed by atoms with Gasteiger partial charge >= 0.3 is 0 Å². The lowest BCUT2D eigenvalue weighted by Gasteiger charge is -2.52. The Labute approximate surface area is 242 Å². The molecule has 1 aliphatic carbocycles. The quantitative estimate of drug-likeness (QED) is 0.177. The summed E-state index contributed by atoms with van der Waals surface area (Å²) in [7, 11) is 0. The summed E-state index contributed by atoms with van der Waals surface area (Å²) in [6.45, 7) is 6.29. The number of nitrogens with two attached hydrogens (primary N) is 1. The van der Waals surface area contributed by atoms with E-state index < -0.39 is 11.9 Å². The number of nitrogens with zero attached hydrogens (tertiary/aromatic N) is 8. The predicted molar refractivity (Wildman–Crippen MR) is 153 cm³/mol. The summed E-state index contributed by atoms with van der Waals surface area (Å²) >= 11 is 0. The van der Waals surface area contributed by atoms with Crippen molar-refractivity contribution < 1.29 is 19.0 Å². The summed E-state index contributed by atoms with van der Waals surface area (Å²) in [6.07, 6.45) is 8.02. The number of hydrogen-bond donors (Lipinski definition) is 2. The summed E-state index contributed by atoms with van der Waals surface area (Å²) in [5.41, 5.74) is 3.86. The summed E-state index contributed by atoms with van der Waals surface area (Å²) in [5.74, 6) is 5.88. The molecule has 0 amide bonds. The van der Waals surface area contributed by atoms with Crippen molar-refractivity contribution in [3.8, 4) is 11.9 Å². The molecule has 3 N–H and O–H groups in total. The van der Waals surface area contributed by atoms with Crippen LogP contribution in [0.2, 0.25) is 0 Å². The average molecular weight is 576 g/mol. The number of ether oxygens (including phenoxy) is 2. The third-order valence-corrected chi connectivity index (χ3v) is 8.41. The van der Waals surface area contributed by atoms with Gasteiger partial charge in [0.15, 0.2) is 12.3 Å². The minimum absolute atomic E-state index is 0.115. The summed E-state index contributed by atoms with van der Waals surface area (Å²) in [6, 6.07) is 5.37. The number of fused-ring (bicyclic) bond motifs is 3. The van der Waals surface area contributed by atoms with Crippen molar-refractivity contribution in [1.29, 1.82) is 5.26 Å². The second-order valence-corrected chi connectivity index (χ2v) is 11.2. The van der Waals surface area contributed by atoms with Crippen LogP contribution in [-0.2, 0) is 4.74 Å². The number of aliphatic hydroxyl groups is 1. The van der Waals surface area contributed by atoms with Gasteiger partial charge in [0.1, 0.15) is 22.8 Å². The van der Waals surface area contributed by atoms with Crippen LogP contribution in [0.5, 0.6) is 5.75 Å². The average Bonchev–Trinajstić information content (AvgIpc) is 3.34. The van der Waals surface area contributed by atoms with Crippen LogP contribution < -0.4 is 10.6 Å². The van der Waals surface area contributed by atoms with Gasteiger partial charge < -0.3 is 20.4 Å². The molecule has 2 saturated heterocycles. The van der Waals surface area contributed by atoms with E-state index >= 15 is 0 Å². The molecule has 3 aliphatic rings. The maximum atomic E-state index is 13.4. The number of nitriles is 1. The minimum Gasteiger partial charge on any atom is -0.479 e. The normalized spacial score (nSPS) is 25.6. The Kier molecular flexibility index (Phi) is 7.76. The second-order valence-electron chi connectivity index (χ2n) is 11.2. The fourth-order valence-electron chi connectivity index (χ4n) is 6.21. The standard InChI is InChI=1S/C29H34FN9O3/c1-17-8-34-39-10-19(5-26(29(17)39)42-27(13-40)25-4-3-20(30)9-33-25)28(36-32)18(2)35-21-6-22(7-21)37-11-23-14-41-15-24(12-37)38(23)16-31/h3-5,8-10,21-24,27,40H,6-7,11-15,32H2,1-2H3/b35-18?,36-28+/t21?,22?,23?,24?,27-/m1/s1. The molecule has 13 heteroatoms. The van der Waals surface area contributed by atoms with E-state index in [1.54, 1.807) is 16.8 Å². The Bertz CT molecular complexity index is 1530. The molecule has 5 heterocycles. The minimum atomic E-state index is -0.819. The van der Waals surface area contributed by atoms with Crippen LogP contribution >= 0.6 is 0 Å². The highest BCUT2D eigenvalue weighted by Crippen LogP contribution is 2.33. The Morgan fingerprint density at radius 2 is 2.02 bits per heavy atom. The lowest BCUT2D eigenvalue weighted by Crippen LogP contribution is -2.66. The molecule has 6 rings (SSSR count). The zero-order valence-corrected chi connectivity index (χ0v) is 23.6. The summed E-state index contributed by atoms with van der Waals surface area (Å²) in [4.78, 5) is 13.4. The van der Waals surface area contributed by atoms with Gasteiger partial charge in [-0.25, -0.2) is 8.91 Å². The molecule has 2 aliphatic heterocycles. The van der Waals surface area contributed by atoms with Crippen molar-refractivity contribution >= 4 is 16.9 Å². The summed E-state index contributed by atoms with van der Waals surface area (Å²) in [5, 5.41) is 28.1. The molecule has 0 aromatic carbocycles. The monoisotopic (exact) mass is 575 g/mol. The topological polar surface area (TPSA) is 150 Å². The lowest BCUT2D eigenvalue weighted by atomic mass is 9.84. The molecule has 3 aromatic heterocycles. The van der Waals surface area contributed by atoms with E-state index in [1.807, 2.05) is 24.9 Å². The van der Waals surface area contributed by atoms with E-state index in [0.717, 1.165) is 43.2 Å². The first-order valence-corrected chi connectivity index (χ1v) is 14.1. The molecule has 42 heavy (non-hydrogen) atoms. The molecule has 0 spiro atoms. The number of aliphatic hydroxyl groups excluding tert-OH is 1. The number of aromatic nitrogens is 3. The van der Waals surface area contributed by atoms with Crippen molar-refractivity contribution in [2.75, 3.05) is 32.9 Å². The smallest absolute Gasteiger partial charge is 0.180 e. The lowest BCUT2D eigenvalue weighted by molar-refractivity contribution is -0.0886. The second kappa shape index (κ2) is 11.6. The number of hydrazone groups is 1. The molecule has 1 saturated carbocycles. The Balaban J connectivity index is 1.19. The van der Waals surface area contributed by atoms with Gasteiger partial charge in [-0.3, -0.25) is 19.8 Å². The van der Waals surface area contributed by atoms with Gasteiger partial charge in [-0.05, 0) is 50.5 Å². The van der Waals surface area contributed by atoms with Crippen molar-refractivity contribution in [3.63, 3.8) is 0 Å². The molecule has 220 valence electrons. The number of morpholine rings is 1. The molecule has 0 radical (unpaired) electrons. The van der Waals surface area contributed by atoms with E-state index in [0.29, 0.717) is 47.7 Å². The van der Waals surface area contributed by atoms with Crippen molar-refractivity contribution in [2.45, 2.75) is 57.0 Å². The first-order valence-electron chi connectivity index (χ1n) is 14.1. The highest BCUT2D eigenvalue weighted by atomic mass is 19.1. The van der Waals surface area contributed by atoms with E-state index in [-0.39, 0.29) is 24.7 Å². The molecule has 12 nitrogen and oxygen atoms in total. The third kappa shape index (κ3) is 5.29. The van der Waals surface area contributed by atoms with E-state index in [2.05, 4.69) is 26.3 Å². The number of piperazine rings is 1. The van der Waals surface area contributed by atoms with E-state index in [9.17, 15) is 14.8 Å². The molecule has 2 unspecified atom stereocenters. The van der Waals surface area contributed by atoms with Gasteiger partial charge in [0.25, 0.3) is 0 Å². The maximum absolute atomic E-state index is 13.4. The van der Waals surface area contributed by atoms with Crippen molar-refractivity contribution in [2.24, 2.45) is 15.9 Å². The number of hydrogen-bond acceptors (Lipinski definition) is 11. The van der Waals surface area contributed by atoms with Gasteiger partial charge in [0, 0.05) is 30.9 Å². The highest BCUT2D eigenvalue weighted by molar-refractivity contribution is 6.47. The number of halogens is 1. The van der Waals surface area contributed by atoms with Gasteiger partial charge in [0.2, 0.25) is 0 Å². The van der Waals surface area contributed by atoms with Crippen LogP contribution in [0.1, 0.15) is 42.7 Å². The summed E-state index contributed by atoms with van der Waals surface area (Å²) < 4.78 is 27.0. The van der Waals surface area contributed by atoms with Crippen LogP contribution in [0.15, 0.2) is 46.9 Å². The predicted octanol–water partition coefficient (Wildman–Crippen LogP) is 1.81. The van der Waals surface area contributed by atoms with Crippen LogP contribution in [0.25, 0.3) is 5.52 Å². The van der Waals surface area contributed by atoms with Gasteiger partial charge in [-0.2, -0.15) is 15.5 Å². The molecular weight excluding hydrogens is 541 g/mol. The molecule has 3 fully saturated rings. The van der Waals surface area contributed by atoms with Gasteiger partial charge in [-0.15, -0.1) is 0 Å². The van der Waals surface area contributed by atoms with Crippen LogP contribution in [0, 0.1) is 24.2 Å². The van der Waals surface area contributed by atoms with E-state index in [4.69, 9.17) is 20.3 Å². The van der Waals surface area contributed by atoms with Gasteiger partial charge in [-0.1, -0.05) is 0 Å². The first kappa shape index (κ1) is 28.0. The van der Waals surface area contributed by atoms with E-state index in [1.165, 1.54) is 12.1 Å². The van der Waals surface area contributed by atoms with Crippen LogP contribution in [0.4, 0.5) is 4.39 Å². The van der Waals surface area contributed by atoms with Crippen LogP contribution in [-0.4, -0.2) is 98.0 Å². The zero-order valence-electron chi connectivity index (χ0n) is 23.6. The molecule has 3 aromatic rings. The van der Waals surface area contributed by atoms with Crippen LogP contribution in [0.3, 0.4) is 0 Å². The number of aryl methyl sites for hydroxylation is 1. The fraction of sp³-hybridized carbons (Fsp3) is 0.483. The molecular formula is C29H34FN9O3. The number of pyridine rings is 2. The molecule has 3 atom stereocenters.